The van der Waals surface area contributed by atoms with Gasteiger partial charge < -0.3 is 5.32 Å². The highest BCUT2D eigenvalue weighted by atomic mass is 32.2. The molecule has 0 unspecified atom stereocenters. The first-order valence-electron chi connectivity index (χ1n) is 9.15. The van der Waals surface area contributed by atoms with Crippen LogP contribution >= 0.6 is 0 Å². The Morgan fingerprint density at radius 1 is 1.07 bits per heavy atom. The van der Waals surface area contributed by atoms with Crippen LogP contribution in [0, 0.1) is 0 Å². The number of sulfonamides is 1. The largest absolute Gasteiger partial charge is 0.352 e. The monoisotopic (exact) mass is 424 g/mol. The Balaban J connectivity index is 1.58. The summed E-state index contributed by atoms with van der Waals surface area (Å²) >= 11 is 0. The van der Waals surface area contributed by atoms with Gasteiger partial charge in [-0.1, -0.05) is 30.3 Å². The first kappa shape index (κ1) is 19.8. The molecule has 0 bridgehead atoms. The van der Waals surface area contributed by atoms with Crippen LogP contribution < -0.4 is 10.9 Å². The number of para-hydroxylation sites is 1. The van der Waals surface area contributed by atoms with Crippen molar-refractivity contribution in [1.29, 1.82) is 0 Å². The molecule has 4 rings (SSSR count). The molecule has 0 amide bonds. The molecule has 0 fully saturated rings. The Morgan fingerprint density at radius 3 is 2.43 bits per heavy atom. The second-order valence-electron chi connectivity index (χ2n) is 6.83. The van der Waals surface area contributed by atoms with Crippen LogP contribution in [0.25, 0.3) is 16.7 Å². The molecule has 2 heterocycles. The summed E-state index contributed by atoms with van der Waals surface area (Å²) in [6, 6.07) is 16.0. The number of hydrogen-bond acceptors (Lipinski definition) is 6. The molecule has 0 aliphatic rings. The molecule has 0 saturated carbocycles. The third-order valence-electron chi connectivity index (χ3n) is 4.60. The van der Waals surface area contributed by atoms with E-state index in [1.807, 2.05) is 30.3 Å². The minimum atomic E-state index is -3.47. The number of rotatable bonds is 6. The highest BCUT2D eigenvalue weighted by molar-refractivity contribution is 7.89. The number of anilines is 1. The average Bonchev–Trinajstić information content (AvgIpc) is 3.18. The summed E-state index contributed by atoms with van der Waals surface area (Å²) < 4.78 is 27.1. The standard InChI is InChI=1S/C20H20N6O3S/c1-25(2)30(28,29)16-10-8-14(9-11-16)12-21-20-23-18-17(19(27)24-20)13-22-26(18)15-6-4-3-5-7-15/h3-11,13H,12H2,1-2H3,(H2,21,23,24,27). The number of H-pyrrole nitrogens is 1. The number of aromatic nitrogens is 4. The Bertz CT molecular complexity index is 1340. The molecule has 0 aliphatic heterocycles. The molecule has 2 N–H and O–H groups in total. The van der Waals surface area contributed by atoms with Crippen molar-refractivity contribution >= 4 is 27.0 Å². The van der Waals surface area contributed by atoms with Gasteiger partial charge in [0.2, 0.25) is 16.0 Å². The molecule has 0 spiro atoms. The molecular formula is C20H20N6O3S. The van der Waals surface area contributed by atoms with Gasteiger partial charge in [0.05, 0.1) is 16.8 Å². The Kier molecular flexibility index (Phi) is 5.10. The lowest BCUT2D eigenvalue weighted by molar-refractivity contribution is 0.520. The molecule has 2 aromatic heterocycles. The zero-order valence-corrected chi connectivity index (χ0v) is 17.2. The number of nitrogens with zero attached hydrogens (tertiary/aromatic N) is 4. The van der Waals surface area contributed by atoms with Gasteiger partial charge in [0, 0.05) is 20.6 Å². The highest BCUT2D eigenvalue weighted by Gasteiger charge is 2.16. The van der Waals surface area contributed by atoms with E-state index in [-0.39, 0.29) is 10.5 Å². The van der Waals surface area contributed by atoms with Crippen LogP contribution in [0.1, 0.15) is 5.56 Å². The van der Waals surface area contributed by atoms with Gasteiger partial charge in [-0.05, 0) is 29.8 Å². The van der Waals surface area contributed by atoms with Crippen molar-refractivity contribution in [2.75, 3.05) is 19.4 Å². The van der Waals surface area contributed by atoms with E-state index in [4.69, 9.17) is 0 Å². The van der Waals surface area contributed by atoms with Gasteiger partial charge in [-0.15, -0.1) is 0 Å². The van der Waals surface area contributed by atoms with Crippen molar-refractivity contribution in [3.63, 3.8) is 0 Å². The van der Waals surface area contributed by atoms with Crippen molar-refractivity contribution in [1.82, 2.24) is 24.1 Å². The van der Waals surface area contributed by atoms with E-state index in [2.05, 4.69) is 20.4 Å². The molecule has 0 saturated heterocycles. The summed E-state index contributed by atoms with van der Waals surface area (Å²) in [4.78, 5) is 19.8. The number of hydrogen-bond donors (Lipinski definition) is 2. The molecular weight excluding hydrogens is 404 g/mol. The van der Waals surface area contributed by atoms with E-state index < -0.39 is 10.0 Å². The molecule has 9 nitrogen and oxygen atoms in total. The maximum atomic E-state index is 12.4. The van der Waals surface area contributed by atoms with Crippen LogP contribution in [0.15, 0.2) is 70.5 Å². The lowest BCUT2D eigenvalue weighted by Gasteiger charge is -2.12. The molecule has 4 aromatic rings. The van der Waals surface area contributed by atoms with Crippen molar-refractivity contribution in [2.24, 2.45) is 0 Å². The first-order valence-corrected chi connectivity index (χ1v) is 10.6. The van der Waals surface area contributed by atoms with Crippen LogP contribution in [-0.2, 0) is 16.6 Å². The van der Waals surface area contributed by atoms with Crippen molar-refractivity contribution in [3.05, 3.63) is 76.7 Å². The van der Waals surface area contributed by atoms with Gasteiger partial charge in [0.25, 0.3) is 5.56 Å². The highest BCUT2D eigenvalue weighted by Crippen LogP contribution is 2.16. The molecule has 30 heavy (non-hydrogen) atoms. The molecule has 0 radical (unpaired) electrons. The van der Waals surface area contributed by atoms with Gasteiger partial charge in [-0.3, -0.25) is 9.78 Å². The molecule has 2 aromatic carbocycles. The van der Waals surface area contributed by atoms with Gasteiger partial charge in [0.1, 0.15) is 5.39 Å². The number of fused-ring (bicyclic) bond motifs is 1. The fraction of sp³-hybridized carbons (Fsp3) is 0.150. The average molecular weight is 424 g/mol. The summed E-state index contributed by atoms with van der Waals surface area (Å²) in [5, 5.41) is 7.75. The molecule has 0 atom stereocenters. The van der Waals surface area contributed by atoms with Crippen molar-refractivity contribution in [2.45, 2.75) is 11.4 Å². The van der Waals surface area contributed by atoms with Crippen molar-refractivity contribution < 1.29 is 8.42 Å². The summed E-state index contributed by atoms with van der Waals surface area (Å²) in [5.74, 6) is 0.301. The van der Waals surface area contributed by atoms with Crippen LogP contribution in [0.2, 0.25) is 0 Å². The van der Waals surface area contributed by atoms with Gasteiger partial charge in [-0.25, -0.2) is 17.4 Å². The quantitative estimate of drug-likeness (QED) is 0.489. The Hall–Kier alpha value is -3.50. The minimum Gasteiger partial charge on any atom is -0.352 e. The third-order valence-corrected chi connectivity index (χ3v) is 6.43. The van der Waals surface area contributed by atoms with E-state index in [0.29, 0.717) is 23.5 Å². The summed E-state index contributed by atoms with van der Waals surface area (Å²) in [6.07, 6.45) is 1.49. The molecule has 154 valence electrons. The third kappa shape index (κ3) is 3.70. The summed E-state index contributed by atoms with van der Waals surface area (Å²) in [7, 11) is -0.494. The Morgan fingerprint density at radius 2 is 1.77 bits per heavy atom. The normalized spacial score (nSPS) is 11.8. The van der Waals surface area contributed by atoms with E-state index in [1.165, 1.54) is 24.6 Å². The van der Waals surface area contributed by atoms with Crippen LogP contribution in [0.3, 0.4) is 0 Å². The number of nitrogens with one attached hydrogen (secondary N) is 2. The summed E-state index contributed by atoms with van der Waals surface area (Å²) in [6.45, 7) is 0.357. The van der Waals surface area contributed by atoms with Crippen molar-refractivity contribution in [3.8, 4) is 5.69 Å². The fourth-order valence-electron chi connectivity index (χ4n) is 2.94. The SMILES string of the molecule is CN(C)S(=O)(=O)c1ccc(CNc2nc3c(cnn3-c3ccccc3)c(=O)[nH]2)cc1. The maximum absolute atomic E-state index is 12.4. The van der Waals surface area contributed by atoms with Gasteiger partial charge >= 0.3 is 0 Å². The van der Waals surface area contributed by atoms with Gasteiger partial charge in [0.15, 0.2) is 5.65 Å². The van der Waals surface area contributed by atoms with E-state index >= 15 is 0 Å². The lowest BCUT2D eigenvalue weighted by atomic mass is 10.2. The Labute approximate surface area is 173 Å². The van der Waals surface area contributed by atoms with Crippen LogP contribution in [0.5, 0.6) is 0 Å². The van der Waals surface area contributed by atoms with Gasteiger partial charge in [-0.2, -0.15) is 10.1 Å². The number of aromatic amines is 1. The maximum Gasteiger partial charge on any atom is 0.263 e. The number of benzene rings is 2. The lowest BCUT2D eigenvalue weighted by Crippen LogP contribution is -2.22. The predicted molar refractivity (Wildman–Crippen MR) is 114 cm³/mol. The van der Waals surface area contributed by atoms with Crippen LogP contribution in [-0.4, -0.2) is 46.6 Å². The first-order chi connectivity index (χ1) is 14.4. The van der Waals surface area contributed by atoms with E-state index in [9.17, 15) is 13.2 Å². The van der Waals surface area contributed by atoms with E-state index in [0.717, 1.165) is 11.3 Å². The smallest absolute Gasteiger partial charge is 0.263 e. The van der Waals surface area contributed by atoms with Crippen LogP contribution in [0.4, 0.5) is 5.95 Å². The second kappa shape index (κ2) is 7.73. The predicted octanol–water partition coefficient (Wildman–Crippen LogP) is 1.97. The second-order valence-corrected chi connectivity index (χ2v) is 8.98. The fourth-order valence-corrected chi connectivity index (χ4v) is 3.84. The summed E-state index contributed by atoms with van der Waals surface area (Å²) in [5.41, 5.74) is 1.79. The minimum absolute atomic E-state index is 0.218. The van der Waals surface area contributed by atoms with E-state index in [1.54, 1.807) is 28.9 Å². The molecule has 10 heteroatoms. The molecule has 0 aliphatic carbocycles. The topological polar surface area (TPSA) is 113 Å². The zero-order valence-electron chi connectivity index (χ0n) is 16.4. The zero-order chi connectivity index (χ0) is 21.3.